The first-order valence-corrected chi connectivity index (χ1v) is 9.00. The molecule has 1 amide bonds. The van der Waals surface area contributed by atoms with E-state index >= 15 is 0 Å². The van der Waals surface area contributed by atoms with E-state index in [4.69, 9.17) is 0 Å². The lowest BCUT2D eigenvalue weighted by molar-refractivity contribution is -0.118. The molecule has 2 fully saturated rings. The van der Waals surface area contributed by atoms with Crippen molar-refractivity contribution in [3.05, 3.63) is 29.8 Å². The molecule has 1 spiro atoms. The van der Waals surface area contributed by atoms with Crippen molar-refractivity contribution in [1.29, 1.82) is 0 Å². The number of amides is 1. The van der Waals surface area contributed by atoms with Crippen LogP contribution >= 0.6 is 0 Å². The van der Waals surface area contributed by atoms with Gasteiger partial charge in [-0.15, -0.1) is 0 Å². The Labute approximate surface area is 139 Å². The van der Waals surface area contributed by atoms with E-state index in [0.29, 0.717) is 5.41 Å². The van der Waals surface area contributed by atoms with E-state index in [9.17, 15) is 4.79 Å². The normalized spacial score (nSPS) is 22.3. The van der Waals surface area contributed by atoms with Gasteiger partial charge in [0.2, 0.25) is 5.91 Å². The fourth-order valence-corrected chi connectivity index (χ4v) is 3.88. The van der Waals surface area contributed by atoms with Crippen molar-refractivity contribution < 1.29 is 4.79 Å². The number of nitrogens with one attached hydrogen (secondary N) is 2. The van der Waals surface area contributed by atoms with Gasteiger partial charge in [0, 0.05) is 18.2 Å². The molecule has 1 atom stereocenters. The predicted molar refractivity (Wildman–Crippen MR) is 94.3 cm³/mol. The summed E-state index contributed by atoms with van der Waals surface area (Å²) >= 11 is 0. The van der Waals surface area contributed by atoms with Gasteiger partial charge in [-0.1, -0.05) is 26.0 Å². The van der Waals surface area contributed by atoms with Crippen LogP contribution in [0.4, 0.5) is 5.69 Å². The largest absolute Gasteiger partial charge is 0.326 e. The third kappa shape index (κ3) is 3.75. The van der Waals surface area contributed by atoms with Crippen molar-refractivity contribution in [1.82, 2.24) is 10.2 Å². The molecule has 1 aromatic carbocycles. The zero-order valence-electron chi connectivity index (χ0n) is 14.4. The van der Waals surface area contributed by atoms with Crippen molar-refractivity contribution in [3.63, 3.8) is 0 Å². The average molecular weight is 315 g/mol. The molecule has 1 heterocycles. The molecule has 1 aliphatic heterocycles. The summed E-state index contributed by atoms with van der Waals surface area (Å²) in [5.74, 6) is 0.433. The number of benzene rings is 1. The Morgan fingerprint density at radius 3 is 2.74 bits per heavy atom. The van der Waals surface area contributed by atoms with Crippen molar-refractivity contribution in [2.24, 2.45) is 11.3 Å². The van der Waals surface area contributed by atoms with E-state index in [2.05, 4.69) is 41.5 Å². The number of hydrogen-bond acceptors (Lipinski definition) is 3. The molecule has 1 aliphatic carbocycles. The third-order valence-corrected chi connectivity index (χ3v) is 5.60. The minimum Gasteiger partial charge on any atom is -0.326 e. The minimum atomic E-state index is 0.215. The lowest BCUT2D eigenvalue weighted by Gasteiger charge is -2.23. The third-order valence-electron chi connectivity index (χ3n) is 5.60. The van der Waals surface area contributed by atoms with E-state index in [-0.39, 0.29) is 11.8 Å². The van der Waals surface area contributed by atoms with Crippen molar-refractivity contribution in [2.75, 3.05) is 31.5 Å². The number of carbonyl (C=O) groups is 1. The molecular formula is C19H29N3O. The van der Waals surface area contributed by atoms with Gasteiger partial charge in [-0.3, -0.25) is 9.69 Å². The molecule has 0 radical (unpaired) electrons. The van der Waals surface area contributed by atoms with E-state index in [1.807, 2.05) is 12.1 Å². The molecule has 23 heavy (non-hydrogen) atoms. The minimum absolute atomic E-state index is 0.215. The Kier molecular flexibility index (Phi) is 5.02. The van der Waals surface area contributed by atoms with Crippen molar-refractivity contribution in [2.45, 2.75) is 39.7 Å². The monoisotopic (exact) mass is 315 g/mol. The fourth-order valence-electron chi connectivity index (χ4n) is 3.88. The molecular weight excluding hydrogens is 286 g/mol. The van der Waals surface area contributed by atoms with Crippen LogP contribution in [0.3, 0.4) is 0 Å². The van der Waals surface area contributed by atoms with Gasteiger partial charge < -0.3 is 10.6 Å². The molecule has 2 aliphatic rings. The van der Waals surface area contributed by atoms with Crippen LogP contribution in [0.25, 0.3) is 0 Å². The van der Waals surface area contributed by atoms with Crippen LogP contribution in [0.15, 0.2) is 24.3 Å². The van der Waals surface area contributed by atoms with E-state index in [1.165, 1.54) is 5.56 Å². The van der Waals surface area contributed by atoms with Crippen LogP contribution in [0.2, 0.25) is 0 Å². The van der Waals surface area contributed by atoms with Crippen molar-refractivity contribution in [3.8, 4) is 0 Å². The van der Waals surface area contributed by atoms with Crippen LogP contribution in [0.1, 0.15) is 38.7 Å². The van der Waals surface area contributed by atoms with Gasteiger partial charge in [0.25, 0.3) is 0 Å². The number of hydrogen-bond donors (Lipinski definition) is 2. The summed E-state index contributed by atoms with van der Waals surface area (Å²) in [4.78, 5) is 14.9. The van der Waals surface area contributed by atoms with Crippen LogP contribution in [-0.2, 0) is 11.3 Å². The van der Waals surface area contributed by atoms with Crippen molar-refractivity contribution >= 4 is 11.6 Å². The van der Waals surface area contributed by atoms with Crippen LogP contribution in [-0.4, -0.2) is 37.0 Å². The standard InChI is InChI=1S/C19H29N3O/c1-3-22(4-2)14-15-6-5-7-16(12-15)21-18(23)17-13-19(17)8-10-20-11-9-19/h5-7,12,17,20H,3-4,8-11,13-14H2,1-2H3,(H,21,23). The molecule has 0 bridgehead atoms. The molecule has 4 heteroatoms. The highest BCUT2D eigenvalue weighted by molar-refractivity contribution is 5.95. The summed E-state index contributed by atoms with van der Waals surface area (Å²) in [7, 11) is 0. The summed E-state index contributed by atoms with van der Waals surface area (Å²) in [6.45, 7) is 9.51. The first kappa shape index (κ1) is 16.5. The van der Waals surface area contributed by atoms with Gasteiger partial charge in [-0.25, -0.2) is 0 Å². The highest BCUT2D eigenvalue weighted by atomic mass is 16.2. The Balaban J connectivity index is 1.59. The summed E-state index contributed by atoms with van der Waals surface area (Å²) in [5.41, 5.74) is 2.50. The zero-order valence-corrected chi connectivity index (χ0v) is 14.4. The SMILES string of the molecule is CCN(CC)Cc1cccc(NC(=O)C2CC23CCNCC3)c1. The Morgan fingerprint density at radius 1 is 1.30 bits per heavy atom. The molecule has 2 N–H and O–H groups in total. The number of rotatable bonds is 6. The quantitative estimate of drug-likeness (QED) is 0.848. The summed E-state index contributed by atoms with van der Waals surface area (Å²) < 4.78 is 0. The van der Waals surface area contributed by atoms with Gasteiger partial charge >= 0.3 is 0 Å². The summed E-state index contributed by atoms with van der Waals surface area (Å²) in [6, 6.07) is 8.30. The second-order valence-corrected chi connectivity index (χ2v) is 7.02. The predicted octanol–water partition coefficient (Wildman–Crippen LogP) is 2.86. The van der Waals surface area contributed by atoms with Crippen LogP contribution < -0.4 is 10.6 Å². The van der Waals surface area contributed by atoms with Gasteiger partial charge in [-0.2, -0.15) is 0 Å². The van der Waals surface area contributed by atoms with Gasteiger partial charge in [0.05, 0.1) is 0 Å². The first-order valence-electron chi connectivity index (χ1n) is 9.00. The Morgan fingerprint density at radius 2 is 2.04 bits per heavy atom. The maximum Gasteiger partial charge on any atom is 0.228 e. The van der Waals surface area contributed by atoms with Crippen LogP contribution in [0.5, 0.6) is 0 Å². The second kappa shape index (κ2) is 7.02. The number of anilines is 1. The van der Waals surface area contributed by atoms with Gasteiger partial charge in [0.15, 0.2) is 0 Å². The molecule has 3 rings (SSSR count). The zero-order chi connectivity index (χ0) is 16.3. The lowest BCUT2D eigenvalue weighted by Crippen LogP contribution is -2.31. The first-order chi connectivity index (χ1) is 11.2. The molecule has 1 aromatic rings. The molecule has 1 unspecified atom stereocenters. The summed E-state index contributed by atoms with van der Waals surface area (Å²) in [5, 5.41) is 6.54. The molecule has 0 aromatic heterocycles. The lowest BCUT2D eigenvalue weighted by atomic mass is 9.92. The Bertz CT molecular complexity index is 547. The average Bonchev–Trinajstić information content (AvgIpc) is 3.27. The fraction of sp³-hybridized carbons (Fsp3) is 0.632. The molecule has 126 valence electrons. The molecule has 1 saturated carbocycles. The Hall–Kier alpha value is -1.39. The number of piperidine rings is 1. The van der Waals surface area contributed by atoms with E-state index in [0.717, 1.165) is 57.7 Å². The van der Waals surface area contributed by atoms with Crippen LogP contribution in [0, 0.1) is 11.3 Å². The number of carbonyl (C=O) groups excluding carboxylic acids is 1. The maximum atomic E-state index is 12.6. The maximum absolute atomic E-state index is 12.6. The molecule has 1 saturated heterocycles. The highest BCUT2D eigenvalue weighted by Crippen LogP contribution is 2.58. The van der Waals surface area contributed by atoms with E-state index < -0.39 is 0 Å². The van der Waals surface area contributed by atoms with Gasteiger partial charge in [-0.05, 0) is 68.6 Å². The highest BCUT2D eigenvalue weighted by Gasteiger charge is 2.57. The number of nitrogens with zero attached hydrogens (tertiary/aromatic N) is 1. The smallest absolute Gasteiger partial charge is 0.228 e. The van der Waals surface area contributed by atoms with E-state index in [1.54, 1.807) is 0 Å². The summed E-state index contributed by atoms with van der Waals surface area (Å²) in [6.07, 6.45) is 3.36. The topological polar surface area (TPSA) is 44.4 Å². The molecule has 4 nitrogen and oxygen atoms in total. The second-order valence-electron chi connectivity index (χ2n) is 7.02. The van der Waals surface area contributed by atoms with Gasteiger partial charge in [0.1, 0.15) is 0 Å².